The molecule has 0 aliphatic heterocycles. The van der Waals surface area contributed by atoms with Gasteiger partial charge in [-0.2, -0.15) is 0 Å². The molecule has 1 heterocycles. The van der Waals surface area contributed by atoms with Crippen molar-refractivity contribution in [2.45, 2.75) is 6.61 Å². The monoisotopic (exact) mass is 154 g/mol. The summed E-state index contributed by atoms with van der Waals surface area (Å²) in [7, 11) is 1.59. The third kappa shape index (κ3) is 1.89. The van der Waals surface area contributed by atoms with Gasteiger partial charge in [-0.05, 0) is 6.07 Å². The predicted octanol–water partition coefficient (Wildman–Crippen LogP) is 0.481. The van der Waals surface area contributed by atoms with E-state index in [0.29, 0.717) is 6.61 Å². The van der Waals surface area contributed by atoms with Crippen molar-refractivity contribution >= 4 is 0 Å². The highest BCUT2D eigenvalue weighted by Gasteiger charge is 1.99. The van der Waals surface area contributed by atoms with Gasteiger partial charge in [0, 0.05) is 18.0 Å². The Balaban J connectivity index is 2.83. The topological polar surface area (TPSA) is 57.4 Å². The van der Waals surface area contributed by atoms with Gasteiger partial charge < -0.3 is 4.74 Å². The minimum absolute atomic E-state index is 0.316. The summed E-state index contributed by atoms with van der Waals surface area (Å²) >= 11 is 0. The Morgan fingerprint density at radius 1 is 1.64 bits per heavy atom. The maximum absolute atomic E-state index is 5.02. The van der Waals surface area contributed by atoms with Crippen LogP contribution < -0.4 is 10.6 Å². The average Bonchev–Trinajstić information content (AvgIpc) is 2.06. The first-order valence-electron chi connectivity index (χ1n) is 3.17. The smallest absolute Gasteiger partial charge is 0.127 e. The van der Waals surface area contributed by atoms with Gasteiger partial charge in [-0.1, -0.05) is 0 Å². The van der Waals surface area contributed by atoms with Crippen molar-refractivity contribution < 1.29 is 9.57 Å². The molecule has 0 atom stereocenters. The number of aromatic nitrogens is 1. The van der Waals surface area contributed by atoms with E-state index in [4.69, 9.17) is 10.6 Å². The number of pyridine rings is 1. The fourth-order valence-electron chi connectivity index (χ4n) is 0.812. The summed E-state index contributed by atoms with van der Waals surface area (Å²) in [6.45, 7) is 0.316. The number of nitrogens with two attached hydrogens (primary N) is 1. The van der Waals surface area contributed by atoms with Crippen molar-refractivity contribution in [2.75, 3.05) is 7.11 Å². The molecule has 1 rings (SSSR count). The molecule has 0 radical (unpaired) electrons. The molecule has 0 unspecified atom stereocenters. The van der Waals surface area contributed by atoms with E-state index in [1.165, 1.54) is 0 Å². The molecule has 0 aromatic carbocycles. The lowest BCUT2D eigenvalue weighted by atomic mass is 10.3. The normalized spacial score (nSPS) is 9.64. The van der Waals surface area contributed by atoms with Crippen LogP contribution in [0.3, 0.4) is 0 Å². The molecule has 0 saturated heterocycles. The van der Waals surface area contributed by atoms with Gasteiger partial charge >= 0.3 is 0 Å². The van der Waals surface area contributed by atoms with Crippen molar-refractivity contribution in [1.29, 1.82) is 0 Å². The van der Waals surface area contributed by atoms with Crippen LogP contribution in [0, 0.1) is 0 Å². The van der Waals surface area contributed by atoms with Crippen LogP contribution in [-0.4, -0.2) is 12.1 Å². The van der Waals surface area contributed by atoms with Crippen LogP contribution in [-0.2, 0) is 11.4 Å². The second kappa shape index (κ2) is 3.90. The van der Waals surface area contributed by atoms with Gasteiger partial charge in [0.15, 0.2) is 0 Å². The minimum Gasteiger partial charge on any atom is -0.496 e. The zero-order chi connectivity index (χ0) is 8.10. The maximum Gasteiger partial charge on any atom is 0.127 e. The molecule has 1 aromatic heterocycles. The Bertz CT molecular complexity index is 227. The lowest BCUT2D eigenvalue weighted by Crippen LogP contribution is -2.01. The van der Waals surface area contributed by atoms with Crippen molar-refractivity contribution in [1.82, 2.24) is 4.98 Å². The third-order valence-electron chi connectivity index (χ3n) is 1.32. The first-order chi connectivity index (χ1) is 5.38. The zero-order valence-electron chi connectivity index (χ0n) is 6.28. The van der Waals surface area contributed by atoms with Crippen molar-refractivity contribution in [2.24, 2.45) is 5.90 Å². The molecule has 0 bridgehead atoms. The molecule has 0 amide bonds. The van der Waals surface area contributed by atoms with Crippen LogP contribution in [0.4, 0.5) is 0 Å². The highest BCUT2D eigenvalue weighted by atomic mass is 16.6. The van der Waals surface area contributed by atoms with Crippen molar-refractivity contribution in [3.05, 3.63) is 24.0 Å². The van der Waals surface area contributed by atoms with E-state index >= 15 is 0 Å². The van der Waals surface area contributed by atoms with E-state index in [1.807, 2.05) is 0 Å². The summed E-state index contributed by atoms with van der Waals surface area (Å²) in [6, 6.07) is 1.76. The molecule has 4 heteroatoms. The molecule has 4 nitrogen and oxygen atoms in total. The second-order valence-corrected chi connectivity index (χ2v) is 2.00. The Hall–Kier alpha value is -1.13. The summed E-state index contributed by atoms with van der Waals surface area (Å²) in [5.41, 5.74) is 0.845. The number of hydrogen-bond donors (Lipinski definition) is 1. The lowest BCUT2D eigenvalue weighted by molar-refractivity contribution is 0.122. The summed E-state index contributed by atoms with van der Waals surface area (Å²) in [5.74, 6) is 5.64. The molecule has 0 saturated carbocycles. The molecule has 0 fully saturated rings. The fraction of sp³-hybridized carbons (Fsp3) is 0.286. The summed E-state index contributed by atoms with van der Waals surface area (Å²) in [5, 5.41) is 0. The molecule has 1 aromatic rings. The third-order valence-corrected chi connectivity index (χ3v) is 1.32. The molecule has 2 N–H and O–H groups in total. The molecule has 0 spiro atoms. The predicted molar refractivity (Wildman–Crippen MR) is 39.8 cm³/mol. The second-order valence-electron chi connectivity index (χ2n) is 2.00. The summed E-state index contributed by atoms with van der Waals surface area (Å²) in [6.07, 6.45) is 3.31. The minimum atomic E-state index is 0.316. The van der Waals surface area contributed by atoms with Gasteiger partial charge in [-0.15, -0.1) is 0 Å². The molecule has 0 aliphatic carbocycles. The van der Waals surface area contributed by atoms with E-state index < -0.39 is 0 Å². The zero-order valence-corrected chi connectivity index (χ0v) is 6.28. The standard InChI is InChI=1S/C7H10N2O2/c1-10-7-2-3-9-4-6(7)5-11-8/h2-4H,5,8H2,1H3. The van der Waals surface area contributed by atoms with Crippen molar-refractivity contribution in [3.63, 3.8) is 0 Å². The van der Waals surface area contributed by atoms with E-state index in [2.05, 4.69) is 9.82 Å². The molecule has 60 valence electrons. The Morgan fingerprint density at radius 2 is 2.45 bits per heavy atom. The Kier molecular flexibility index (Phi) is 2.83. The quantitative estimate of drug-likeness (QED) is 0.643. The van der Waals surface area contributed by atoms with Crippen LogP contribution in [0.25, 0.3) is 0 Å². The highest BCUT2D eigenvalue weighted by Crippen LogP contribution is 2.15. The number of nitrogens with zero attached hydrogens (tertiary/aromatic N) is 1. The van der Waals surface area contributed by atoms with E-state index in [0.717, 1.165) is 11.3 Å². The van der Waals surface area contributed by atoms with Crippen LogP contribution in [0.2, 0.25) is 0 Å². The summed E-state index contributed by atoms with van der Waals surface area (Å²) < 4.78 is 5.02. The first kappa shape index (κ1) is 7.97. The molecular weight excluding hydrogens is 144 g/mol. The van der Waals surface area contributed by atoms with Gasteiger partial charge in [0.05, 0.1) is 13.7 Å². The largest absolute Gasteiger partial charge is 0.496 e. The molecule has 11 heavy (non-hydrogen) atoms. The van der Waals surface area contributed by atoms with Crippen molar-refractivity contribution in [3.8, 4) is 5.75 Å². The summed E-state index contributed by atoms with van der Waals surface area (Å²) in [4.78, 5) is 8.35. The average molecular weight is 154 g/mol. The van der Waals surface area contributed by atoms with Crippen LogP contribution in [0.15, 0.2) is 18.5 Å². The number of ether oxygens (including phenoxy) is 1. The van der Waals surface area contributed by atoms with E-state index in [1.54, 1.807) is 25.6 Å². The van der Waals surface area contributed by atoms with Crippen LogP contribution in [0.1, 0.15) is 5.56 Å². The Labute approximate surface area is 64.9 Å². The van der Waals surface area contributed by atoms with Crippen LogP contribution >= 0.6 is 0 Å². The highest BCUT2D eigenvalue weighted by molar-refractivity contribution is 5.29. The Morgan fingerprint density at radius 3 is 3.09 bits per heavy atom. The van der Waals surface area contributed by atoms with E-state index in [9.17, 15) is 0 Å². The van der Waals surface area contributed by atoms with Gasteiger partial charge in [-0.25, -0.2) is 5.90 Å². The molecule has 0 aliphatic rings. The fourth-order valence-corrected chi connectivity index (χ4v) is 0.812. The lowest BCUT2D eigenvalue weighted by Gasteiger charge is -2.04. The van der Waals surface area contributed by atoms with Gasteiger partial charge in [0.25, 0.3) is 0 Å². The molecular formula is C7H10N2O2. The van der Waals surface area contributed by atoms with Gasteiger partial charge in [0.1, 0.15) is 5.75 Å². The number of rotatable bonds is 3. The number of methoxy groups -OCH3 is 1. The first-order valence-corrected chi connectivity index (χ1v) is 3.17. The SMILES string of the molecule is COc1ccncc1CON. The van der Waals surface area contributed by atoms with E-state index in [-0.39, 0.29) is 0 Å². The number of hydrogen-bond acceptors (Lipinski definition) is 4. The van der Waals surface area contributed by atoms with Crippen LogP contribution in [0.5, 0.6) is 5.75 Å². The van der Waals surface area contributed by atoms with Gasteiger partial charge in [-0.3, -0.25) is 9.82 Å². The maximum atomic E-state index is 5.02. The van der Waals surface area contributed by atoms with Gasteiger partial charge in [0.2, 0.25) is 0 Å².